The molecule has 3 aliphatic rings. The average molecular weight is 955 g/mol. The van der Waals surface area contributed by atoms with Crippen LogP contribution in [0.15, 0.2) is 79.3 Å². The first-order chi connectivity index (χ1) is 29.5. The van der Waals surface area contributed by atoms with Crippen LogP contribution in [0.1, 0.15) is 121 Å². The van der Waals surface area contributed by atoms with Gasteiger partial charge in [0, 0.05) is 28.4 Å². The van der Waals surface area contributed by atoms with E-state index in [-0.39, 0.29) is 37.9 Å². The first-order valence-corrected chi connectivity index (χ1v) is 23.8. The monoisotopic (exact) mass is 954 g/mol. The van der Waals surface area contributed by atoms with Gasteiger partial charge in [0.05, 0.1) is 53.8 Å². The molecule has 65 heavy (non-hydrogen) atoms. The van der Waals surface area contributed by atoms with Crippen molar-refractivity contribution in [3.63, 3.8) is 0 Å². The number of hydrogen-bond donors (Lipinski definition) is 2. The molecule has 7 rings (SSSR count). The molecule has 1 unspecified atom stereocenters. The highest BCUT2D eigenvalue weighted by atomic mass is 35.5. The number of aromatic nitrogens is 2. The molecular weight excluding hydrogens is 889 g/mol. The Hall–Kier alpha value is -3.83. The Bertz CT molecular complexity index is 2430. The highest BCUT2D eigenvalue weighted by Gasteiger charge is 2.43. The fourth-order valence-corrected chi connectivity index (χ4v) is 8.94. The van der Waals surface area contributed by atoms with Gasteiger partial charge in [0.15, 0.2) is 11.5 Å². The third kappa shape index (κ3) is 13.2. The third-order valence-corrected chi connectivity index (χ3v) is 14.2. The zero-order chi connectivity index (χ0) is 47.7. The predicted octanol–water partition coefficient (Wildman–Crippen LogP) is 11.6. The molecule has 2 N–H and O–H groups in total. The summed E-state index contributed by atoms with van der Waals surface area (Å²) in [4.78, 5) is 9.04. The van der Waals surface area contributed by atoms with Gasteiger partial charge in [0.1, 0.15) is 41.4 Å². The predicted molar refractivity (Wildman–Crippen MR) is 264 cm³/mol. The summed E-state index contributed by atoms with van der Waals surface area (Å²) < 4.78 is 80.6. The topological polar surface area (TPSA) is 121 Å². The van der Waals surface area contributed by atoms with Crippen molar-refractivity contribution in [3.8, 4) is 34.0 Å². The van der Waals surface area contributed by atoms with Crippen LogP contribution in [0.3, 0.4) is 0 Å². The average Bonchev–Trinajstić information content (AvgIpc) is 3.69. The Balaban J connectivity index is 0.000000226. The van der Waals surface area contributed by atoms with E-state index in [1.54, 1.807) is 30.3 Å². The minimum Gasteiger partial charge on any atom is -0.489 e. The number of pyridine rings is 2. The lowest BCUT2D eigenvalue weighted by Crippen LogP contribution is -2.47. The number of hydrogen-bond acceptors (Lipinski definition) is 8. The molecule has 0 bridgehead atoms. The zero-order valence-electron chi connectivity index (χ0n) is 39.3. The van der Waals surface area contributed by atoms with Gasteiger partial charge in [-0.15, -0.1) is 6.58 Å². The fraction of sp³-hybridized carbons (Fsp3) is 0.469. The van der Waals surface area contributed by atoms with Gasteiger partial charge in [-0.1, -0.05) is 31.1 Å². The van der Waals surface area contributed by atoms with E-state index in [0.717, 1.165) is 39.9 Å². The number of rotatable bonds is 8. The van der Waals surface area contributed by atoms with E-state index in [1.807, 2.05) is 75.3 Å². The van der Waals surface area contributed by atoms with E-state index >= 15 is 0 Å². The molecule has 1 fully saturated rings. The van der Waals surface area contributed by atoms with Gasteiger partial charge in [-0.3, -0.25) is 0 Å². The second-order valence-corrected chi connectivity index (χ2v) is 23.9. The maximum atomic E-state index is 13.4. The molecule has 1 saturated heterocycles. The maximum absolute atomic E-state index is 13.4. The summed E-state index contributed by atoms with van der Waals surface area (Å²) in [7, 11) is -2.76. The Morgan fingerprint density at radius 3 is 1.57 bits per heavy atom. The second-order valence-electron chi connectivity index (χ2n) is 19.6. The lowest BCUT2D eigenvalue weighted by molar-refractivity contribution is -0.0249. The third-order valence-electron chi connectivity index (χ3n) is 10.5. The minimum atomic E-state index is -1.28. The first kappa shape index (κ1) is 53.8. The largest absolute Gasteiger partial charge is 0.489 e. The second kappa shape index (κ2) is 20.6. The van der Waals surface area contributed by atoms with Gasteiger partial charge in [-0.25, -0.2) is 36.6 Å². The van der Waals surface area contributed by atoms with Crippen molar-refractivity contribution in [2.45, 2.75) is 136 Å². The molecule has 0 saturated carbocycles. The Morgan fingerprint density at radius 2 is 1.18 bits per heavy atom. The summed E-state index contributed by atoms with van der Waals surface area (Å²) >= 11 is 6.22. The van der Waals surface area contributed by atoms with E-state index in [2.05, 4.69) is 53.3 Å². The van der Waals surface area contributed by atoms with Gasteiger partial charge < -0.3 is 18.8 Å². The molecule has 16 heteroatoms. The zero-order valence-corrected chi connectivity index (χ0v) is 41.6. The van der Waals surface area contributed by atoms with Gasteiger partial charge in [-0.2, -0.15) is 0 Å². The van der Waals surface area contributed by atoms with Crippen LogP contribution < -0.4 is 18.9 Å². The SMILES string of the molecule is C.C=C(C)B1OC(C)CC(C)(C)O1.C=C(C)c1cc2c(c(-c3ccc(F)cc3)n1)OC[C@]2(C)N[S@](=O)C(C)(C)C.CC(C)(C)[S@@](=O)N[C@@]1(C)COc2c1cc(Cl)nc2-c1ccc(F)cc1. The van der Waals surface area contributed by atoms with Crippen molar-refractivity contribution in [3.05, 3.63) is 113 Å². The summed E-state index contributed by atoms with van der Waals surface area (Å²) in [6.45, 7) is 33.9. The van der Waals surface area contributed by atoms with E-state index in [1.165, 1.54) is 24.3 Å². The van der Waals surface area contributed by atoms with Crippen molar-refractivity contribution in [1.29, 1.82) is 0 Å². The minimum absolute atomic E-state index is 0. The molecule has 5 atom stereocenters. The van der Waals surface area contributed by atoms with Crippen LogP contribution in [0.25, 0.3) is 28.1 Å². The summed E-state index contributed by atoms with van der Waals surface area (Å²) in [6.07, 6.45) is 1.20. The van der Waals surface area contributed by atoms with Crippen LogP contribution in [0.5, 0.6) is 11.5 Å². The van der Waals surface area contributed by atoms with Crippen molar-refractivity contribution in [1.82, 2.24) is 19.4 Å². The fourth-order valence-electron chi connectivity index (χ4n) is 6.98. The Morgan fingerprint density at radius 1 is 0.769 bits per heavy atom. The number of nitrogens with zero attached hydrogens (tertiary/aromatic N) is 2. The van der Waals surface area contributed by atoms with Gasteiger partial charge in [0.2, 0.25) is 0 Å². The lowest BCUT2D eigenvalue weighted by Gasteiger charge is -2.38. The van der Waals surface area contributed by atoms with Crippen LogP contribution in [-0.4, -0.2) is 59.9 Å². The normalized spacial score (nSPS) is 21.7. The molecule has 0 aliphatic carbocycles. The van der Waals surface area contributed by atoms with Crippen LogP contribution >= 0.6 is 11.6 Å². The summed E-state index contributed by atoms with van der Waals surface area (Å²) in [6, 6.07) is 15.8. The Kier molecular flexibility index (Phi) is 17.0. The van der Waals surface area contributed by atoms with Gasteiger partial charge >= 0.3 is 7.12 Å². The number of halogens is 3. The van der Waals surface area contributed by atoms with E-state index in [9.17, 15) is 17.2 Å². The lowest BCUT2D eigenvalue weighted by atomic mass is 9.76. The summed E-state index contributed by atoms with van der Waals surface area (Å²) in [5, 5.41) is 0.304. The summed E-state index contributed by atoms with van der Waals surface area (Å²) in [5.41, 5.74) is 5.45. The molecule has 354 valence electrons. The molecule has 0 spiro atoms. The number of nitrogens with one attached hydrogen (secondary N) is 2. The van der Waals surface area contributed by atoms with Crippen molar-refractivity contribution in [2.24, 2.45) is 0 Å². The van der Waals surface area contributed by atoms with Crippen LogP contribution in [0, 0.1) is 11.6 Å². The molecule has 3 aliphatic heterocycles. The molecule has 2 aromatic heterocycles. The highest BCUT2D eigenvalue weighted by Crippen LogP contribution is 2.46. The van der Waals surface area contributed by atoms with Gasteiger partial charge in [0.25, 0.3) is 0 Å². The van der Waals surface area contributed by atoms with E-state index in [4.69, 9.17) is 30.4 Å². The number of benzene rings is 2. The van der Waals surface area contributed by atoms with E-state index < -0.39 is 42.5 Å². The quantitative estimate of drug-likeness (QED) is 0.132. The molecule has 0 radical (unpaired) electrons. The number of fused-ring (bicyclic) bond motifs is 2. The number of ether oxygens (including phenoxy) is 2. The molecule has 0 amide bonds. The van der Waals surface area contributed by atoms with Gasteiger partial charge in [-0.05, 0) is 163 Å². The standard InChI is InChI=1S/C21H25FN2O2S.C18H20ClFN2O2S.C9H17BO2.CH4/c1-13(2)17-11-16-19(18(23-17)14-7-9-15(22)10-8-14)26-12-21(16,6)24-27(25)20(3,4)5;1-17(2,3)25(23)22-18(4)10-24-16-13(18)9-14(19)21-15(16)11-5-7-12(20)8-6-11;1-7(2)10-11-8(3)6-9(4,5)12-10;/h7-11,24H,1,12H2,2-6H3;5-9,22H,10H2,1-4H3;8H,1,6H2,2-5H3;1H4/t21-,27+;18-,25+;;/m00../s1. The Labute approximate surface area is 396 Å². The molecule has 4 aromatic rings. The molecular formula is C49H66BClF2N4O6S2. The van der Waals surface area contributed by atoms with E-state index in [0.29, 0.717) is 46.8 Å². The van der Waals surface area contributed by atoms with Crippen molar-refractivity contribution >= 4 is 46.3 Å². The molecule has 5 heterocycles. The summed E-state index contributed by atoms with van der Waals surface area (Å²) in [5.74, 6) is 0.583. The van der Waals surface area contributed by atoms with Crippen molar-refractivity contribution < 1.29 is 36.0 Å². The van der Waals surface area contributed by atoms with Crippen LogP contribution in [0.2, 0.25) is 5.15 Å². The smallest absolute Gasteiger partial charge is 0.489 e. The maximum Gasteiger partial charge on any atom is 0.489 e. The molecule has 2 aromatic carbocycles. The first-order valence-electron chi connectivity index (χ1n) is 21.1. The van der Waals surface area contributed by atoms with Crippen LogP contribution in [-0.2, 0) is 42.4 Å². The molecule has 10 nitrogen and oxygen atoms in total. The number of allylic oxidation sites excluding steroid dienone is 2. The highest BCUT2D eigenvalue weighted by molar-refractivity contribution is 7.84. The van der Waals surface area contributed by atoms with Crippen LogP contribution in [0.4, 0.5) is 8.78 Å². The van der Waals surface area contributed by atoms with Crippen molar-refractivity contribution in [2.75, 3.05) is 13.2 Å².